The molecule has 0 bridgehead atoms. The van der Waals surface area contributed by atoms with Crippen LogP contribution in [-0.4, -0.2) is 98.9 Å². The Morgan fingerprint density at radius 1 is 1.04 bits per heavy atom. The van der Waals surface area contributed by atoms with E-state index in [0.29, 0.717) is 0 Å². The number of halogens is 1. The first-order valence-electron chi connectivity index (χ1n) is 17.2. The van der Waals surface area contributed by atoms with E-state index in [4.69, 9.17) is 19.2 Å². The van der Waals surface area contributed by atoms with Crippen LogP contribution in [0.5, 0.6) is 17.2 Å². The number of hydrogen-bond acceptors (Lipinski definition) is 11. The number of carbonyl (C=O) groups is 3. The van der Waals surface area contributed by atoms with E-state index in [-0.39, 0.29) is 53.3 Å². The molecule has 1 saturated heterocycles. The van der Waals surface area contributed by atoms with Gasteiger partial charge in [0.15, 0.2) is 17.9 Å². The van der Waals surface area contributed by atoms with E-state index in [1.54, 1.807) is 6.92 Å². The van der Waals surface area contributed by atoms with Gasteiger partial charge in [0.1, 0.15) is 29.0 Å². The van der Waals surface area contributed by atoms with Crippen LogP contribution >= 0.6 is 12.4 Å². The number of unbranched alkanes of at least 4 members (excludes halogenated alkanes) is 2. The third-order valence-electron chi connectivity index (χ3n) is 10.1. The maximum atomic E-state index is 13.9. The van der Waals surface area contributed by atoms with Gasteiger partial charge in [0, 0.05) is 49.0 Å². The number of fused-ring (bicyclic) bond motifs is 3. The summed E-state index contributed by atoms with van der Waals surface area (Å²) in [7, 11) is 1.36. The van der Waals surface area contributed by atoms with Crippen LogP contribution in [0, 0.1) is 0 Å². The zero-order valence-electron chi connectivity index (χ0n) is 29.5. The number of rotatable bonds is 11. The Labute approximate surface area is 298 Å². The fraction of sp³-hybridized carbons (Fsp3) is 0.568. The zero-order valence-corrected chi connectivity index (χ0v) is 30.3. The monoisotopic (exact) mass is 716 g/mol. The molecule has 0 spiro atoms. The number of phenols is 2. The highest BCUT2D eigenvalue weighted by atomic mass is 35.5. The fourth-order valence-electron chi connectivity index (χ4n) is 7.18. The number of benzene rings is 2. The Kier molecular flexibility index (Phi) is 12.4. The highest BCUT2D eigenvalue weighted by Gasteiger charge is 2.49. The van der Waals surface area contributed by atoms with Gasteiger partial charge in [0.05, 0.1) is 47.9 Å². The van der Waals surface area contributed by atoms with Gasteiger partial charge < -0.3 is 39.5 Å². The number of aliphatic hydroxyl groups excluding tert-OH is 1. The van der Waals surface area contributed by atoms with Crippen molar-refractivity contribution >= 4 is 35.6 Å². The molecule has 6 atom stereocenters. The molecule has 1 heterocycles. The van der Waals surface area contributed by atoms with Gasteiger partial charge >= 0.3 is 0 Å². The van der Waals surface area contributed by atoms with Crippen molar-refractivity contribution in [2.45, 2.75) is 116 Å². The van der Waals surface area contributed by atoms with Gasteiger partial charge in [-0.1, -0.05) is 38.8 Å². The summed E-state index contributed by atoms with van der Waals surface area (Å²) in [5.74, 6) is -2.33. The van der Waals surface area contributed by atoms with E-state index in [1.165, 1.54) is 32.2 Å². The molecule has 4 unspecified atom stereocenters. The van der Waals surface area contributed by atoms with Gasteiger partial charge in [-0.25, -0.2) is 0 Å². The molecule has 274 valence electrons. The van der Waals surface area contributed by atoms with Crippen molar-refractivity contribution in [2.24, 2.45) is 4.99 Å². The Hall–Kier alpha value is -3.55. The largest absolute Gasteiger partial charge is 0.507 e. The van der Waals surface area contributed by atoms with E-state index in [0.717, 1.165) is 44.6 Å². The molecule has 2 aromatic carbocycles. The van der Waals surface area contributed by atoms with E-state index in [1.807, 2.05) is 6.92 Å². The number of amidine groups is 1. The summed E-state index contributed by atoms with van der Waals surface area (Å²) in [6.07, 6.45) is -0.474. The maximum absolute atomic E-state index is 13.9. The van der Waals surface area contributed by atoms with Gasteiger partial charge in [-0.2, -0.15) is 0 Å². The molecule has 1 aliphatic heterocycles. The molecule has 2 aromatic rings. The predicted molar refractivity (Wildman–Crippen MR) is 188 cm³/mol. The molecular formula is C37H49ClN2O10. The lowest BCUT2D eigenvalue weighted by molar-refractivity contribution is -0.247. The average Bonchev–Trinajstić information content (AvgIpc) is 3.06. The lowest BCUT2D eigenvalue weighted by Gasteiger charge is -2.42. The van der Waals surface area contributed by atoms with Crippen molar-refractivity contribution in [3.05, 3.63) is 51.6 Å². The minimum absolute atomic E-state index is 0. The van der Waals surface area contributed by atoms with E-state index in [2.05, 4.69) is 18.7 Å². The smallest absolute Gasteiger partial charge is 0.202 e. The number of ether oxygens (including phenoxy) is 3. The van der Waals surface area contributed by atoms with Crippen LogP contribution in [0.25, 0.3) is 0 Å². The van der Waals surface area contributed by atoms with Crippen LogP contribution in [-0.2, 0) is 20.7 Å². The number of aliphatic imine (C=N–C) groups is 1. The molecule has 0 radical (unpaired) electrons. The molecule has 50 heavy (non-hydrogen) atoms. The first-order chi connectivity index (χ1) is 23.3. The van der Waals surface area contributed by atoms with Crippen molar-refractivity contribution < 1.29 is 49.0 Å². The third-order valence-corrected chi connectivity index (χ3v) is 10.1. The lowest BCUT2D eigenvalue weighted by atomic mass is 9.72. The Morgan fingerprint density at radius 3 is 2.28 bits per heavy atom. The van der Waals surface area contributed by atoms with E-state index >= 15 is 0 Å². The molecule has 5 rings (SSSR count). The molecule has 1 fully saturated rings. The standard InChI is InChI=1S/C37H48N2O10.ClH/c1-7-9-14-39(15-10-8-2)21(5)38-24-16-27(48-19(3)32(24)41)49-26-18-37(46,20(4)40)17-23-29(26)36(45)31-30(34(23)43)33(42)22-12-11-13-25(47-6)28(22)35(31)44;/h11-13,19,24,26-27,32,41,43,45-46H,7-10,14-18H2,1-6H3;1H/t19?,24-,26-,27?,32?,37?;/m0./s1. The quantitative estimate of drug-likeness (QED) is 0.122. The summed E-state index contributed by atoms with van der Waals surface area (Å²) in [6, 6.07) is 3.88. The zero-order chi connectivity index (χ0) is 35.8. The second-order valence-corrected chi connectivity index (χ2v) is 13.4. The molecule has 2 aliphatic carbocycles. The van der Waals surface area contributed by atoms with Gasteiger partial charge in [0.2, 0.25) is 5.78 Å². The predicted octanol–water partition coefficient (Wildman–Crippen LogP) is 4.81. The number of aliphatic hydroxyl groups is 2. The summed E-state index contributed by atoms with van der Waals surface area (Å²) in [4.78, 5) is 47.6. The van der Waals surface area contributed by atoms with Crippen LogP contribution in [0.4, 0.5) is 0 Å². The SMILES string of the molecule is CCCCN(CCCC)C(C)=N[C@H]1CC(O[C@H]2CC(O)(C(C)=O)Cc3c(O)c4c(c(O)c32)C(=O)c2c(OC)cccc2C4=O)OC(C)C1O.Cl. The molecule has 13 heteroatoms. The van der Waals surface area contributed by atoms with Gasteiger partial charge in [-0.15, -0.1) is 12.4 Å². The number of ketones is 3. The molecule has 0 saturated carbocycles. The highest BCUT2D eigenvalue weighted by Crippen LogP contribution is 2.52. The number of nitrogens with zero attached hydrogens (tertiary/aromatic N) is 2. The summed E-state index contributed by atoms with van der Waals surface area (Å²) in [5, 5.41) is 46.0. The van der Waals surface area contributed by atoms with Crippen LogP contribution in [0.1, 0.15) is 122 Å². The third kappa shape index (κ3) is 7.13. The number of hydrogen-bond donors (Lipinski definition) is 4. The van der Waals surface area contributed by atoms with E-state index in [9.17, 15) is 34.8 Å². The summed E-state index contributed by atoms with van der Waals surface area (Å²) in [6.45, 7) is 10.8. The topological polar surface area (TPSA) is 175 Å². The average molecular weight is 717 g/mol. The van der Waals surface area contributed by atoms with Crippen molar-refractivity contribution in [3.63, 3.8) is 0 Å². The number of Topliss-reactive ketones (excluding diaryl/α,β-unsaturated/α-hetero) is 1. The molecule has 0 aromatic heterocycles. The minimum atomic E-state index is -2.02. The van der Waals surface area contributed by atoms with Crippen molar-refractivity contribution in [3.8, 4) is 17.2 Å². The first kappa shape index (κ1) is 39.2. The lowest BCUT2D eigenvalue weighted by Crippen LogP contribution is -2.49. The Balaban J connectivity index is 0.00000562. The fourth-order valence-corrected chi connectivity index (χ4v) is 7.18. The molecule has 0 amide bonds. The molecule has 12 nitrogen and oxygen atoms in total. The minimum Gasteiger partial charge on any atom is -0.507 e. The number of phenolic OH excluding ortho intramolecular Hbond substituents is 2. The number of aromatic hydroxyl groups is 2. The van der Waals surface area contributed by atoms with Gasteiger partial charge in [-0.05, 0) is 39.7 Å². The summed E-state index contributed by atoms with van der Waals surface area (Å²) >= 11 is 0. The molecule has 3 aliphatic rings. The Morgan fingerprint density at radius 2 is 1.68 bits per heavy atom. The molecule has 4 N–H and O–H groups in total. The summed E-state index contributed by atoms with van der Waals surface area (Å²) in [5.41, 5.74) is -3.01. The Bertz CT molecular complexity index is 1650. The highest BCUT2D eigenvalue weighted by molar-refractivity contribution is 6.31. The van der Waals surface area contributed by atoms with Crippen molar-refractivity contribution in [1.82, 2.24) is 4.90 Å². The van der Waals surface area contributed by atoms with Crippen LogP contribution in [0.15, 0.2) is 23.2 Å². The van der Waals surface area contributed by atoms with Gasteiger partial charge in [0.25, 0.3) is 0 Å². The molecular weight excluding hydrogens is 668 g/mol. The first-order valence-corrected chi connectivity index (χ1v) is 17.2. The summed E-state index contributed by atoms with van der Waals surface area (Å²) < 4.78 is 17.8. The van der Waals surface area contributed by atoms with Crippen molar-refractivity contribution in [1.29, 1.82) is 0 Å². The van der Waals surface area contributed by atoms with Gasteiger partial charge in [-0.3, -0.25) is 19.4 Å². The van der Waals surface area contributed by atoms with Crippen LogP contribution in [0.3, 0.4) is 0 Å². The second-order valence-electron chi connectivity index (χ2n) is 13.4. The number of methoxy groups -OCH3 is 1. The normalized spacial score (nSPS) is 26.0. The maximum Gasteiger partial charge on any atom is 0.202 e. The van der Waals surface area contributed by atoms with Crippen molar-refractivity contribution in [2.75, 3.05) is 20.2 Å². The number of carbonyl (C=O) groups excluding carboxylic acids is 3. The van der Waals surface area contributed by atoms with E-state index < -0.39 is 82.6 Å². The second kappa shape index (κ2) is 15.8. The van der Waals surface area contributed by atoms with Crippen LogP contribution in [0.2, 0.25) is 0 Å². The van der Waals surface area contributed by atoms with Crippen LogP contribution < -0.4 is 4.74 Å².